The van der Waals surface area contributed by atoms with Gasteiger partial charge in [0.2, 0.25) is 0 Å². The fourth-order valence-electron chi connectivity index (χ4n) is 3.13. The number of carbonyl (C=O) groups is 2. The molecule has 0 heterocycles. The van der Waals surface area contributed by atoms with Crippen LogP contribution in [0, 0.1) is 23.3 Å². The molecule has 1 N–H and O–H groups in total. The third kappa shape index (κ3) is 5.68. The Morgan fingerprint density at radius 1 is 0.559 bits per heavy atom. The van der Waals surface area contributed by atoms with Gasteiger partial charge in [-0.25, -0.2) is 22.4 Å². The molecule has 0 aliphatic heterocycles. The van der Waals surface area contributed by atoms with Crippen molar-refractivity contribution in [2.45, 2.75) is 0 Å². The normalized spacial score (nSPS) is 10.3. The number of benzene rings is 4. The van der Waals surface area contributed by atoms with E-state index in [1.165, 1.54) is 0 Å². The van der Waals surface area contributed by atoms with Crippen LogP contribution in [0.3, 0.4) is 0 Å². The van der Waals surface area contributed by atoms with E-state index in [-0.39, 0.29) is 0 Å². The fourth-order valence-corrected chi connectivity index (χ4v) is 3.31. The highest BCUT2D eigenvalue weighted by molar-refractivity contribution is 6.67. The maximum absolute atomic E-state index is 13.5. The van der Waals surface area contributed by atoms with Crippen molar-refractivity contribution < 1.29 is 32.3 Å². The molecule has 0 radical (unpaired) electrons. The van der Waals surface area contributed by atoms with Crippen LogP contribution < -0.4 is 0 Å². The van der Waals surface area contributed by atoms with E-state index in [0.717, 1.165) is 24.3 Å². The first-order chi connectivity index (χ1) is 16.2. The SMILES string of the molecule is O=C(Cl)c1c(F)cc(-c2ccccc2)cc1F.O=C(O)c1c(F)cc(-c2ccccc2)cc1F. The second-order valence-corrected chi connectivity index (χ2v) is 7.28. The minimum atomic E-state index is -1.61. The van der Waals surface area contributed by atoms with Gasteiger partial charge in [-0.05, 0) is 58.1 Å². The van der Waals surface area contributed by atoms with Crippen LogP contribution in [0.25, 0.3) is 22.3 Å². The molecule has 172 valence electrons. The molecule has 0 fully saturated rings. The average molecular weight is 487 g/mol. The van der Waals surface area contributed by atoms with E-state index >= 15 is 0 Å². The summed E-state index contributed by atoms with van der Waals surface area (Å²) in [5.41, 5.74) is 0.324. The zero-order chi connectivity index (χ0) is 24.8. The average Bonchev–Trinajstić information content (AvgIpc) is 2.79. The summed E-state index contributed by atoms with van der Waals surface area (Å²) in [6, 6.07) is 21.6. The molecule has 0 saturated heterocycles. The number of carbonyl (C=O) groups excluding carboxylic acids is 1. The maximum Gasteiger partial charge on any atom is 0.341 e. The topological polar surface area (TPSA) is 54.4 Å². The lowest BCUT2D eigenvalue weighted by Gasteiger charge is -2.05. The second kappa shape index (κ2) is 10.8. The lowest BCUT2D eigenvalue weighted by atomic mass is 10.0. The molecule has 0 aliphatic rings. The molecule has 0 aliphatic carbocycles. The van der Waals surface area contributed by atoms with E-state index in [4.69, 9.17) is 16.7 Å². The molecule has 4 rings (SSSR count). The van der Waals surface area contributed by atoms with Crippen LogP contribution in [0.15, 0.2) is 84.9 Å². The lowest BCUT2D eigenvalue weighted by molar-refractivity contribution is 0.0686. The number of aromatic carboxylic acids is 1. The third-order valence-corrected chi connectivity index (χ3v) is 4.90. The van der Waals surface area contributed by atoms with Gasteiger partial charge in [-0.15, -0.1) is 0 Å². The molecule has 0 spiro atoms. The number of hydrogen-bond acceptors (Lipinski definition) is 2. The van der Waals surface area contributed by atoms with E-state index in [2.05, 4.69) is 0 Å². The fraction of sp³-hybridized carbons (Fsp3) is 0. The van der Waals surface area contributed by atoms with Crippen molar-refractivity contribution >= 4 is 22.8 Å². The maximum atomic E-state index is 13.5. The lowest BCUT2D eigenvalue weighted by Crippen LogP contribution is -2.04. The van der Waals surface area contributed by atoms with Crippen molar-refractivity contribution in [1.82, 2.24) is 0 Å². The molecule has 4 aromatic carbocycles. The Morgan fingerprint density at radius 2 is 0.882 bits per heavy atom. The first-order valence-electron chi connectivity index (χ1n) is 9.71. The number of hydrogen-bond donors (Lipinski definition) is 1. The molecule has 34 heavy (non-hydrogen) atoms. The molecular formula is C26H15ClF4O3. The number of carboxylic acids is 1. The summed E-state index contributed by atoms with van der Waals surface area (Å²) >= 11 is 5.09. The van der Waals surface area contributed by atoms with E-state index in [1.807, 2.05) is 0 Å². The standard InChI is InChI=1S/C13H7ClF2O.C13H8F2O2/c14-13(17)12-10(15)6-9(7-11(12)16)8-4-2-1-3-5-8;14-10-6-9(8-4-2-1-3-5-8)7-11(15)12(10)13(16)17/h1-7H;1-7H,(H,16,17). The minimum Gasteiger partial charge on any atom is -0.477 e. The van der Waals surface area contributed by atoms with Crippen LogP contribution in [0.5, 0.6) is 0 Å². The molecule has 4 aromatic rings. The van der Waals surface area contributed by atoms with Crippen molar-refractivity contribution in [1.29, 1.82) is 0 Å². The first kappa shape index (κ1) is 24.7. The highest BCUT2D eigenvalue weighted by Gasteiger charge is 2.18. The molecule has 0 unspecified atom stereocenters. The van der Waals surface area contributed by atoms with Crippen LogP contribution in [0.1, 0.15) is 20.7 Å². The smallest absolute Gasteiger partial charge is 0.341 e. The van der Waals surface area contributed by atoms with Crippen LogP contribution in [-0.4, -0.2) is 16.3 Å². The number of rotatable bonds is 4. The predicted octanol–water partition coefficient (Wildman–Crippen LogP) is 7.34. The molecule has 0 bridgehead atoms. The number of halogens is 5. The van der Waals surface area contributed by atoms with Crippen molar-refractivity contribution in [2.24, 2.45) is 0 Å². The molecule has 0 atom stereocenters. The Labute approximate surface area is 196 Å². The summed E-state index contributed by atoms with van der Waals surface area (Å²) in [6.45, 7) is 0. The first-order valence-corrected chi connectivity index (χ1v) is 10.1. The van der Waals surface area contributed by atoms with Crippen LogP contribution in [0.2, 0.25) is 0 Å². The van der Waals surface area contributed by atoms with Gasteiger partial charge >= 0.3 is 5.97 Å². The van der Waals surface area contributed by atoms with Gasteiger partial charge in [-0.1, -0.05) is 60.7 Å². The van der Waals surface area contributed by atoms with Gasteiger partial charge in [-0.2, -0.15) is 0 Å². The van der Waals surface area contributed by atoms with Crippen LogP contribution >= 0.6 is 11.6 Å². The Balaban J connectivity index is 0.000000191. The zero-order valence-electron chi connectivity index (χ0n) is 17.2. The van der Waals surface area contributed by atoms with Crippen molar-refractivity contribution in [3.8, 4) is 22.3 Å². The van der Waals surface area contributed by atoms with Crippen LogP contribution in [0.4, 0.5) is 17.6 Å². The summed E-state index contributed by atoms with van der Waals surface area (Å²) in [5.74, 6) is -5.67. The van der Waals surface area contributed by atoms with Gasteiger partial charge in [0.05, 0.1) is 0 Å². The molecule has 0 amide bonds. The Hall–Kier alpha value is -3.97. The predicted molar refractivity (Wildman–Crippen MR) is 121 cm³/mol. The van der Waals surface area contributed by atoms with Crippen LogP contribution in [-0.2, 0) is 0 Å². The molecular weight excluding hydrogens is 472 g/mol. The summed E-state index contributed by atoms with van der Waals surface area (Å²) < 4.78 is 53.9. The highest BCUT2D eigenvalue weighted by Crippen LogP contribution is 2.26. The van der Waals surface area contributed by atoms with Gasteiger partial charge in [0.15, 0.2) is 0 Å². The van der Waals surface area contributed by atoms with E-state index in [9.17, 15) is 27.2 Å². The monoisotopic (exact) mass is 486 g/mol. The van der Waals surface area contributed by atoms with E-state index < -0.39 is 45.6 Å². The van der Waals surface area contributed by atoms with Gasteiger partial charge in [-0.3, -0.25) is 4.79 Å². The van der Waals surface area contributed by atoms with E-state index in [1.54, 1.807) is 60.7 Å². The Bertz CT molecular complexity index is 1190. The van der Waals surface area contributed by atoms with Gasteiger partial charge < -0.3 is 5.11 Å². The Kier molecular flexibility index (Phi) is 7.81. The van der Waals surface area contributed by atoms with Crippen molar-refractivity contribution in [3.05, 3.63) is 119 Å². The van der Waals surface area contributed by atoms with Crippen molar-refractivity contribution in [2.75, 3.05) is 0 Å². The largest absolute Gasteiger partial charge is 0.477 e. The van der Waals surface area contributed by atoms with Gasteiger partial charge in [0.25, 0.3) is 5.24 Å². The van der Waals surface area contributed by atoms with Gasteiger partial charge in [0, 0.05) is 0 Å². The second-order valence-electron chi connectivity index (χ2n) is 6.94. The summed E-state index contributed by atoms with van der Waals surface area (Å²) in [6.07, 6.45) is 0. The molecule has 3 nitrogen and oxygen atoms in total. The Morgan fingerprint density at radius 3 is 1.18 bits per heavy atom. The number of carboxylic acid groups (broad SMARTS) is 1. The van der Waals surface area contributed by atoms with Gasteiger partial charge in [0.1, 0.15) is 34.4 Å². The summed E-state index contributed by atoms with van der Waals surface area (Å²) in [5, 5.41) is 7.49. The molecule has 0 aromatic heterocycles. The molecule has 8 heteroatoms. The zero-order valence-corrected chi connectivity index (χ0v) is 18.0. The van der Waals surface area contributed by atoms with E-state index in [0.29, 0.717) is 22.3 Å². The third-order valence-electron chi connectivity index (χ3n) is 4.71. The van der Waals surface area contributed by atoms with Crippen molar-refractivity contribution in [3.63, 3.8) is 0 Å². The molecule has 0 saturated carbocycles. The highest BCUT2D eigenvalue weighted by atomic mass is 35.5. The quantitative estimate of drug-likeness (QED) is 0.242. The minimum absolute atomic E-state index is 0.311. The summed E-state index contributed by atoms with van der Waals surface area (Å²) in [4.78, 5) is 21.4. The summed E-state index contributed by atoms with van der Waals surface area (Å²) in [7, 11) is 0.